The van der Waals surface area contributed by atoms with Gasteiger partial charge in [0.15, 0.2) is 6.10 Å². The second-order valence-electron chi connectivity index (χ2n) is 6.25. The van der Waals surface area contributed by atoms with Crippen LogP contribution >= 0.6 is 34.8 Å². The van der Waals surface area contributed by atoms with Crippen LogP contribution in [0.25, 0.3) is 0 Å². The van der Waals surface area contributed by atoms with Crippen LogP contribution in [-0.2, 0) is 24.3 Å². The lowest BCUT2D eigenvalue weighted by Gasteiger charge is -2.29. The van der Waals surface area contributed by atoms with Gasteiger partial charge in [-0.25, -0.2) is 12.7 Å². The molecule has 27 heavy (non-hydrogen) atoms. The minimum absolute atomic E-state index is 0.199. The Morgan fingerprint density at radius 1 is 1.15 bits per heavy atom. The summed E-state index contributed by atoms with van der Waals surface area (Å²) in [6.07, 6.45) is 0.764. The van der Waals surface area contributed by atoms with Crippen molar-refractivity contribution in [2.75, 3.05) is 24.7 Å². The molecule has 1 heterocycles. The van der Waals surface area contributed by atoms with E-state index < -0.39 is 33.9 Å². The van der Waals surface area contributed by atoms with Crippen molar-refractivity contribution in [3.63, 3.8) is 0 Å². The number of sulfonamides is 1. The fraction of sp³-hybridized carbons (Fsp3) is 0.500. The largest absolute Gasteiger partial charge is 0.452 e. The molecule has 150 valence electrons. The monoisotopic (exact) mass is 456 g/mol. The van der Waals surface area contributed by atoms with E-state index in [0.717, 1.165) is 6.26 Å². The maximum Gasteiger partial charge on any atom is 0.309 e. The molecule has 0 aromatic heterocycles. The molecule has 1 fully saturated rings. The zero-order valence-electron chi connectivity index (χ0n) is 14.7. The van der Waals surface area contributed by atoms with Crippen LogP contribution in [0.4, 0.5) is 5.69 Å². The first-order valence-corrected chi connectivity index (χ1v) is 11.1. The van der Waals surface area contributed by atoms with Crippen LogP contribution in [0.5, 0.6) is 0 Å². The first-order valence-electron chi connectivity index (χ1n) is 8.10. The van der Waals surface area contributed by atoms with Crippen molar-refractivity contribution >= 4 is 62.4 Å². The molecule has 0 aliphatic carbocycles. The third-order valence-corrected chi connectivity index (χ3v) is 6.52. The van der Waals surface area contributed by atoms with Gasteiger partial charge in [-0.15, -0.1) is 0 Å². The number of nitrogens with one attached hydrogen (secondary N) is 1. The molecule has 1 aromatic carbocycles. The molecule has 1 amide bonds. The normalized spacial score (nSPS) is 17.4. The van der Waals surface area contributed by atoms with Gasteiger partial charge in [0.1, 0.15) is 0 Å². The molecule has 0 spiro atoms. The van der Waals surface area contributed by atoms with Crippen LogP contribution < -0.4 is 5.32 Å². The van der Waals surface area contributed by atoms with Gasteiger partial charge in [0, 0.05) is 13.1 Å². The second kappa shape index (κ2) is 8.96. The Morgan fingerprint density at radius 2 is 1.70 bits per heavy atom. The van der Waals surface area contributed by atoms with Crippen LogP contribution in [0.1, 0.15) is 19.8 Å². The number of carbonyl (C=O) groups excluding carboxylic acids is 2. The Morgan fingerprint density at radius 3 is 2.26 bits per heavy atom. The van der Waals surface area contributed by atoms with Crippen LogP contribution in [0, 0.1) is 5.92 Å². The maximum atomic E-state index is 12.3. The first-order chi connectivity index (χ1) is 12.5. The molecule has 0 bridgehead atoms. The highest BCUT2D eigenvalue weighted by atomic mass is 35.5. The lowest BCUT2D eigenvalue weighted by molar-refractivity contribution is -0.158. The number of hydrogen-bond donors (Lipinski definition) is 1. The summed E-state index contributed by atoms with van der Waals surface area (Å²) in [5.74, 6) is -1.56. The molecule has 1 N–H and O–H groups in total. The summed E-state index contributed by atoms with van der Waals surface area (Å²) in [5, 5.41) is 3.20. The summed E-state index contributed by atoms with van der Waals surface area (Å²) in [7, 11) is -3.27. The van der Waals surface area contributed by atoms with Crippen LogP contribution in [-0.4, -0.2) is 50.0 Å². The van der Waals surface area contributed by atoms with Crippen molar-refractivity contribution in [3.8, 4) is 0 Å². The highest BCUT2D eigenvalue weighted by molar-refractivity contribution is 7.88. The number of hydrogen-bond acceptors (Lipinski definition) is 5. The van der Waals surface area contributed by atoms with E-state index in [4.69, 9.17) is 39.5 Å². The SMILES string of the molecule is CC(OC(=O)C1CCN(S(C)(=O)=O)CC1)C(=O)Nc1cc(Cl)c(Cl)cc1Cl. The lowest BCUT2D eigenvalue weighted by Crippen LogP contribution is -2.41. The van der Waals surface area contributed by atoms with E-state index in [1.165, 1.54) is 23.4 Å². The molecular weight excluding hydrogens is 439 g/mol. The second-order valence-corrected chi connectivity index (χ2v) is 9.45. The van der Waals surface area contributed by atoms with E-state index in [2.05, 4.69) is 5.32 Å². The fourth-order valence-electron chi connectivity index (χ4n) is 2.60. The number of ether oxygens (including phenoxy) is 1. The molecule has 1 atom stereocenters. The first kappa shape index (κ1) is 22.2. The van der Waals surface area contributed by atoms with Crippen LogP contribution in [0.2, 0.25) is 15.1 Å². The molecule has 1 unspecified atom stereocenters. The Hall–Kier alpha value is -1.06. The van der Waals surface area contributed by atoms with Gasteiger partial charge in [0.2, 0.25) is 10.0 Å². The average Bonchev–Trinajstić information content (AvgIpc) is 2.58. The fourth-order valence-corrected chi connectivity index (χ4v) is 4.07. The number of rotatable bonds is 5. The highest BCUT2D eigenvalue weighted by Gasteiger charge is 2.31. The quantitative estimate of drug-likeness (QED) is 0.541. The lowest BCUT2D eigenvalue weighted by atomic mass is 9.98. The highest BCUT2D eigenvalue weighted by Crippen LogP contribution is 2.32. The third kappa shape index (κ3) is 5.96. The van der Waals surface area contributed by atoms with Crippen LogP contribution in [0.15, 0.2) is 12.1 Å². The number of carbonyl (C=O) groups is 2. The summed E-state index contributed by atoms with van der Waals surface area (Å²) in [6, 6.07) is 2.80. The number of esters is 1. The Labute approximate surface area is 172 Å². The maximum absolute atomic E-state index is 12.3. The molecule has 1 aliphatic rings. The van der Waals surface area contributed by atoms with Crippen LogP contribution in [0.3, 0.4) is 0 Å². The number of amides is 1. The molecule has 1 saturated heterocycles. The zero-order valence-corrected chi connectivity index (χ0v) is 17.8. The minimum atomic E-state index is -3.27. The number of halogens is 3. The van der Waals surface area contributed by atoms with Gasteiger partial charge < -0.3 is 10.1 Å². The van der Waals surface area contributed by atoms with Crippen molar-refractivity contribution in [1.29, 1.82) is 0 Å². The van der Waals surface area contributed by atoms with Crippen molar-refractivity contribution < 1.29 is 22.7 Å². The minimum Gasteiger partial charge on any atom is -0.452 e. The number of nitrogens with zero attached hydrogens (tertiary/aromatic N) is 1. The topological polar surface area (TPSA) is 92.8 Å². The Kier molecular flexibility index (Phi) is 7.38. The number of piperidine rings is 1. The predicted molar refractivity (Wildman–Crippen MR) is 105 cm³/mol. The average molecular weight is 458 g/mol. The summed E-state index contributed by atoms with van der Waals surface area (Å²) in [5.41, 5.74) is 0.250. The van der Waals surface area contributed by atoms with Gasteiger partial charge in [0.25, 0.3) is 5.91 Å². The molecule has 0 radical (unpaired) electrons. The van der Waals surface area contributed by atoms with Gasteiger partial charge in [-0.2, -0.15) is 0 Å². The van der Waals surface area contributed by atoms with Crippen molar-refractivity contribution in [1.82, 2.24) is 4.31 Å². The van der Waals surface area contributed by atoms with Gasteiger partial charge in [0.05, 0.1) is 32.9 Å². The summed E-state index contributed by atoms with van der Waals surface area (Å²) >= 11 is 17.8. The smallest absolute Gasteiger partial charge is 0.309 e. The molecule has 2 rings (SSSR count). The van der Waals surface area contributed by atoms with Crippen molar-refractivity contribution in [3.05, 3.63) is 27.2 Å². The molecule has 1 aromatic rings. The predicted octanol–water partition coefficient (Wildman–Crippen LogP) is 3.19. The van der Waals surface area contributed by atoms with Crippen molar-refractivity contribution in [2.45, 2.75) is 25.9 Å². The van der Waals surface area contributed by atoms with Crippen molar-refractivity contribution in [2.24, 2.45) is 5.92 Å². The van der Waals surface area contributed by atoms with Gasteiger partial charge >= 0.3 is 5.97 Å². The molecule has 0 saturated carbocycles. The number of anilines is 1. The molecular formula is C16H19Cl3N2O5S. The standard InChI is InChI=1S/C16H19Cl3N2O5S/c1-9(15(22)20-14-8-12(18)11(17)7-13(14)19)26-16(23)10-3-5-21(6-4-10)27(2,24)25/h7-10H,3-6H2,1-2H3,(H,20,22). The molecule has 11 heteroatoms. The zero-order chi connectivity index (χ0) is 20.4. The van der Waals surface area contributed by atoms with E-state index in [1.54, 1.807) is 0 Å². The van der Waals surface area contributed by atoms with Gasteiger partial charge in [-0.05, 0) is 31.9 Å². The summed E-state index contributed by atoms with van der Waals surface area (Å²) in [4.78, 5) is 24.5. The summed E-state index contributed by atoms with van der Waals surface area (Å²) < 4.78 is 29.5. The Balaban J connectivity index is 1.91. The third-order valence-electron chi connectivity index (χ3n) is 4.19. The summed E-state index contributed by atoms with van der Waals surface area (Å²) in [6.45, 7) is 1.93. The van der Waals surface area contributed by atoms with E-state index >= 15 is 0 Å². The van der Waals surface area contributed by atoms with Gasteiger partial charge in [-0.3, -0.25) is 9.59 Å². The molecule has 7 nitrogen and oxygen atoms in total. The molecule has 1 aliphatic heterocycles. The Bertz CT molecular complexity index is 839. The van der Waals surface area contributed by atoms with E-state index in [-0.39, 0.29) is 33.8 Å². The van der Waals surface area contributed by atoms with E-state index in [0.29, 0.717) is 12.8 Å². The van der Waals surface area contributed by atoms with E-state index in [9.17, 15) is 18.0 Å². The van der Waals surface area contributed by atoms with E-state index in [1.807, 2.05) is 0 Å². The van der Waals surface area contributed by atoms with Gasteiger partial charge in [-0.1, -0.05) is 34.8 Å². The number of benzene rings is 1.